The van der Waals surface area contributed by atoms with Crippen LogP contribution in [0.1, 0.15) is 45.4 Å². The van der Waals surface area contributed by atoms with Gasteiger partial charge in [0.1, 0.15) is 18.1 Å². The Balaban J connectivity index is 4.95. The molecule has 0 saturated heterocycles. The van der Waals surface area contributed by atoms with E-state index in [1.54, 1.807) is 0 Å². The summed E-state index contributed by atoms with van der Waals surface area (Å²) < 4.78 is 0. The number of thioether (sulfide) groups is 1. The summed E-state index contributed by atoms with van der Waals surface area (Å²) in [4.78, 5) is 59.5. The van der Waals surface area contributed by atoms with E-state index < -0.39 is 53.8 Å². The molecule has 12 nitrogen and oxygen atoms in total. The zero-order valence-electron chi connectivity index (χ0n) is 18.6. The number of hydrogen-bond acceptors (Lipinski definition) is 8. The molecule has 0 fully saturated rings. The lowest BCUT2D eigenvalue weighted by atomic mass is 10.1. The fourth-order valence-corrected chi connectivity index (χ4v) is 3.11. The van der Waals surface area contributed by atoms with Gasteiger partial charge in [-0.15, -0.1) is 0 Å². The van der Waals surface area contributed by atoms with Gasteiger partial charge < -0.3 is 38.3 Å². The second kappa shape index (κ2) is 16.3. The highest BCUT2D eigenvalue weighted by Crippen LogP contribution is 2.05. The van der Waals surface area contributed by atoms with E-state index in [1.165, 1.54) is 18.7 Å². The van der Waals surface area contributed by atoms with Gasteiger partial charge in [0.15, 0.2) is 0 Å². The summed E-state index contributed by atoms with van der Waals surface area (Å²) >= 11 is 1.49. The van der Waals surface area contributed by atoms with Crippen LogP contribution in [0.2, 0.25) is 0 Å². The van der Waals surface area contributed by atoms with Crippen molar-refractivity contribution in [2.45, 2.75) is 69.6 Å². The second-order valence-electron chi connectivity index (χ2n) is 7.37. The Hall–Kier alpha value is -2.38. The van der Waals surface area contributed by atoms with Crippen molar-refractivity contribution in [3.8, 4) is 0 Å². The van der Waals surface area contributed by atoms with Crippen LogP contribution in [0.4, 0.5) is 0 Å². The number of carboxylic acid groups (broad SMARTS) is 1. The molecule has 0 heterocycles. The Morgan fingerprint density at radius 2 is 1.53 bits per heavy atom. The van der Waals surface area contributed by atoms with Crippen LogP contribution in [-0.2, 0) is 24.0 Å². The summed E-state index contributed by atoms with van der Waals surface area (Å²) in [5, 5.41) is 16.5. The number of amides is 4. The van der Waals surface area contributed by atoms with Crippen molar-refractivity contribution in [3.05, 3.63) is 0 Å². The number of unbranched alkanes of at least 4 members (excludes halogenated alkanes) is 1. The number of carbonyl (C=O) groups excluding carboxylic acids is 4. The molecule has 0 aliphatic heterocycles. The first kappa shape index (κ1) is 29.6. The molecule has 0 aromatic rings. The van der Waals surface area contributed by atoms with Crippen LogP contribution in [0.5, 0.6) is 0 Å². The molecule has 0 aliphatic rings. The number of nitrogens with one attached hydrogen (secondary N) is 3. The Labute approximate surface area is 192 Å². The van der Waals surface area contributed by atoms with Gasteiger partial charge in [0.25, 0.3) is 0 Å². The maximum atomic E-state index is 12.7. The Morgan fingerprint density at radius 1 is 0.906 bits per heavy atom. The Bertz CT molecular complexity index is 650. The monoisotopic (exact) mass is 476 g/mol. The van der Waals surface area contributed by atoms with E-state index in [-0.39, 0.29) is 12.8 Å². The predicted octanol–water partition coefficient (Wildman–Crippen LogP) is -1.98. The molecule has 4 amide bonds. The molecule has 10 N–H and O–H groups in total. The summed E-state index contributed by atoms with van der Waals surface area (Å²) in [5.74, 6) is -3.25. The quantitative estimate of drug-likeness (QED) is 0.115. The maximum absolute atomic E-state index is 12.7. The highest BCUT2D eigenvalue weighted by Gasteiger charge is 2.28. The molecule has 0 rings (SSSR count). The molecule has 0 radical (unpaired) electrons. The number of primary amides is 1. The first-order valence-corrected chi connectivity index (χ1v) is 11.8. The van der Waals surface area contributed by atoms with Crippen molar-refractivity contribution in [1.29, 1.82) is 0 Å². The van der Waals surface area contributed by atoms with E-state index in [4.69, 9.17) is 17.2 Å². The van der Waals surface area contributed by atoms with E-state index in [0.29, 0.717) is 31.6 Å². The van der Waals surface area contributed by atoms with Crippen LogP contribution in [-0.4, -0.2) is 77.4 Å². The molecule has 4 atom stereocenters. The van der Waals surface area contributed by atoms with Crippen LogP contribution in [0.15, 0.2) is 0 Å². The number of carbonyl (C=O) groups is 5. The SMILES string of the molecule is CSCCC(NC(=O)C(N)CCCCN)C(=O)NC(C)C(=O)NC(CCC(N)=O)C(=O)O. The zero-order valence-corrected chi connectivity index (χ0v) is 19.4. The first-order valence-electron chi connectivity index (χ1n) is 10.4. The standard InChI is InChI=1S/C19H36N6O6S/c1-11(16(27)25-14(19(30)31)6-7-15(22)26)23-18(29)13(8-10-32-2)24-17(28)12(21)5-3-4-9-20/h11-14H,3-10,20-21H2,1-2H3,(H2,22,26)(H,23,29)(H,24,28)(H,25,27)(H,30,31). The lowest BCUT2D eigenvalue weighted by Gasteiger charge is -2.23. The smallest absolute Gasteiger partial charge is 0.326 e. The van der Waals surface area contributed by atoms with E-state index in [2.05, 4.69) is 16.0 Å². The third kappa shape index (κ3) is 12.5. The average molecular weight is 477 g/mol. The predicted molar refractivity (Wildman–Crippen MR) is 121 cm³/mol. The number of rotatable bonds is 17. The van der Waals surface area contributed by atoms with Crippen molar-refractivity contribution in [3.63, 3.8) is 0 Å². The molecule has 0 aromatic carbocycles. The van der Waals surface area contributed by atoms with Gasteiger partial charge in [-0.05, 0) is 51.2 Å². The molecule has 184 valence electrons. The molecule has 0 aromatic heterocycles. The fraction of sp³-hybridized carbons (Fsp3) is 0.737. The molecule has 13 heteroatoms. The van der Waals surface area contributed by atoms with E-state index in [9.17, 15) is 29.1 Å². The zero-order chi connectivity index (χ0) is 24.7. The second-order valence-corrected chi connectivity index (χ2v) is 8.35. The summed E-state index contributed by atoms with van der Waals surface area (Å²) in [7, 11) is 0. The third-order valence-electron chi connectivity index (χ3n) is 4.60. The highest BCUT2D eigenvalue weighted by atomic mass is 32.2. The van der Waals surface area contributed by atoms with Crippen LogP contribution in [0, 0.1) is 0 Å². The van der Waals surface area contributed by atoms with E-state index >= 15 is 0 Å². The normalized spacial score (nSPS) is 14.5. The number of aliphatic carboxylic acids is 1. The highest BCUT2D eigenvalue weighted by molar-refractivity contribution is 7.98. The van der Waals surface area contributed by atoms with Crippen molar-refractivity contribution in [1.82, 2.24) is 16.0 Å². The van der Waals surface area contributed by atoms with Crippen molar-refractivity contribution < 1.29 is 29.1 Å². The molecule has 0 saturated carbocycles. The number of hydrogen-bond donors (Lipinski definition) is 7. The first-order chi connectivity index (χ1) is 15.0. The lowest BCUT2D eigenvalue weighted by molar-refractivity contribution is -0.142. The van der Waals surface area contributed by atoms with Crippen molar-refractivity contribution >= 4 is 41.4 Å². The van der Waals surface area contributed by atoms with E-state index in [1.807, 2.05) is 6.26 Å². The van der Waals surface area contributed by atoms with Crippen molar-refractivity contribution in [2.75, 3.05) is 18.6 Å². The average Bonchev–Trinajstić information content (AvgIpc) is 2.73. The molecule has 4 unspecified atom stereocenters. The van der Waals surface area contributed by atoms with Gasteiger partial charge in [-0.2, -0.15) is 11.8 Å². The van der Waals surface area contributed by atoms with Crippen LogP contribution in [0.25, 0.3) is 0 Å². The van der Waals surface area contributed by atoms with Crippen LogP contribution in [0.3, 0.4) is 0 Å². The molecule has 32 heavy (non-hydrogen) atoms. The topological polar surface area (TPSA) is 220 Å². The van der Waals surface area contributed by atoms with Gasteiger partial charge in [0.05, 0.1) is 6.04 Å². The minimum atomic E-state index is -1.33. The number of nitrogens with two attached hydrogens (primary N) is 3. The molecule has 0 aliphatic carbocycles. The summed E-state index contributed by atoms with van der Waals surface area (Å²) in [6.07, 6.45) is 3.63. The minimum Gasteiger partial charge on any atom is -0.480 e. The van der Waals surface area contributed by atoms with Crippen molar-refractivity contribution in [2.24, 2.45) is 17.2 Å². The van der Waals surface area contributed by atoms with Gasteiger partial charge in [-0.25, -0.2) is 4.79 Å². The van der Waals surface area contributed by atoms with Gasteiger partial charge in [0.2, 0.25) is 23.6 Å². The molecular formula is C19H36N6O6S. The fourth-order valence-electron chi connectivity index (χ4n) is 2.64. The molecule has 0 spiro atoms. The van der Waals surface area contributed by atoms with Gasteiger partial charge in [-0.1, -0.05) is 6.42 Å². The largest absolute Gasteiger partial charge is 0.480 e. The maximum Gasteiger partial charge on any atom is 0.326 e. The van der Waals surface area contributed by atoms with Gasteiger partial charge in [-0.3, -0.25) is 19.2 Å². The summed E-state index contributed by atoms with van der Waals surface area (Å²) in [5.41, 5.74) is 16.3. The number of carboxylic acids is 1. The van der Waals surface area contributed by atoms with Crippen LogP contribution >= 0.6 is 11.8 Å². The Kier molecular flexibility index (Phi) is 15.1. The molecular weight excluding hydrogens is 440 g/mol. The molecule has 0 bridgehead atoms. The van der Waals surface area contributed by atoms with Gasteiger partial charge >= 0.3 is 5.97 Å². The summed E-state index contributed by atoms with van der Waals surface area (Å²) in [6.45, 7) is 1.88. The minimum absolute atomic E-state index is 0.175. The van der Waals surface area contributed by atoms with Gasteiger partial charge in [0, 0.05) is 6.42 Å². The lowest BCUT2D eigenvalue weighted by Crippen LogP contribution is -2.56. The third-order valence-corrected chi connectivity index (χ3v) is 5.24. The summed E-state index contributed by atoms with van der Waals surface area (Å²) in [6, 6.07) is -4.10. The van der Waals surface area contributed by atoms with Crippen LogP contribution < -0.4 is 33.2 Å². The van der Waals surface area contributed by atoms with E-state index in [0.717, 1.165) is 6.42 Å². The Morgan fingerprint density at radius 3 is 2.06 bits per heavy atom.